The molecule has 0 aromatic carbocycles. The van der Waals surface area contributed by atoms with Crippen LogP contribution in [-0.4, -0.2) is 53.4 Å². The third-order valence-corrected chi connectivity index (χ3v) is 10.7. The molecular formula is C32H64Br2N2NiO2Si2. The average Bonchev–Trinajstić information content (AvgIpc) is 2.85. The second kappa shape index (κ2) is 21.0. The van der Waals surface area contributed by atoms with Crippen LogP contribution in [0.25, 0.3) is 0 Å². The van der Waals surface area contributed by atoms with Gasteiger partial charge in [0.25, 0.3) is 0 Å². The summed E-state index contributed by atoms with van der Waals surface area (Å²) >= 11 is 6.00. The van der Waals surface area contributed by atoms with E-state index in [0.29, 0.717) is 35.8 Å². The van der Waals surface area contributed by atoms with Gasteiger partial charge in [-0.25, -0.2) is 0 Å². The fourth-order valence-corrected chi connectivity index (χ4v) is 7.82. The molecule has 2 saturated carbocycles. The van der Waals surface area contributed by atoms with Gasteiger partial charge in [-0.05, 0) is 127 Å². The van der Waals surface area contributed by atoms with Crippen LogP contribution in [0, 0.1) is 23.7 Å². The molecule has 4 atom stereocenters. The van der Waals surface area contributed by atoms with Crippen LogP contribution in [0.3, 0.4) is 0 Å². The molecule has 4 nitrogen and oxygen atoms in total. The van der Waals surface area contributed by atoms with E-state index in [1.807, 2.05) is 0 Å². The van der Waals surface area contributed by atoms with E-state index < -0.39 is 16.6 Å². The topological polar surface area (TPSA) is 43.2 Å². The Morgan fingerprint density at radius 3 is 1.17 bits per heavy atom. The van der Waals surface area contributed by atoms with Crippen LogP contribution in [0.4, 0.5) is 0 Å². The van der Waals surface area contributed by atoms with Crippen LogP contribution in [0.5, 0.6) is 0 Å². The first-order valence-corrected chi connectivity index (χ1v) is 28.1. The molecule has 0 radical (unpaired) electrons. The molecule has 9 heteroatoms. The van der Waals surface area contributed by atoms with Crippen LogP contribution in [0.15, 0.2) is 9.98 Å². The zero-order valence-corrected chi connectivity index (χ0v) is 34.3. The van der Waals surface area contributed by atoms with Crippen molar-refractivity contribution in [2.75, 3.05) is 13.2 Å². The molecule has 2 aliphatic rings. The minimum atomic E-state index is -1.46. The molecule has 0 heterocycles. The van der Waals surface area contributed by atoms with Crippen LogP contribution in [0.1, 0.15) is 105 Å². The summed E-state index contributed by atoms with van der Waals surface area (Å²) in [6.45, 7) is 25.2. The van der Waals surface area contributed by atoms with Crippen LogP contribution >= 0.6 is 28.5 Å². The van der Waals surface area contributed by atoms with Gasteiger partial charge in [-0.1, -0.05) is 40.5 Å². The standard InChI is InChI=1S/C32H64N2O2Si2.2BrH.Ni/c1-25-17-15-18-26(2)31(25)33-29(21-11-13-23-35-37(5,6)7)30(22-12-14-24-36-38(8,9)10)34-32-27(3)19-16-20-28(32)4;;;/h25-28,31-32H,11-24H2,1-10H3;2*1H;/q;;;+2/p-2. The zero-order chi connectivity index (χ0) is 31.1. The number of unbranched alkanes of at least 4 members (excludes halogenated alkanes) is 2. The molecule has 2 aliphatic carbocycles. The van der Waals surface area contributed by atoms with E-state index in [-0.39, 0.29) is 0 Å². The minimum absolute atomic E-state index is 0.443. The summed E-state index contributed by atoms with van der Waals surface area (Å²) in [5.74, 6) is 2.68. The number of hydrogen-bond donors (Lipinski definition) is 0. The van der Waals surface area contributed by atoms with Gasteiger partial charge in [-0.3, -0.25) is 9.98 Å². The first-order chi connectivity index (χ1) is 19.2. The van der Waals surface area contributed by atoms with Crippen molar-refractivity contribution in [1.82, 2.24) is 0 Å². The van der Waals surface area contributed by atoms with Crippen molar-refractivity contribution >= 4 is 56.5 Å². The Morgan fingerprint density at radius 2 is 0.902 bits per heavy atom. The molecule has 246 valence electrons. The molecule has 0 amide bonds. The molecule has 2 fully saturated rings. The number of halogens is 2. The van der Waals surface area contributed by atoms with Crippen molar-refractivity contribution in [2.45, 2.75) is 156 Å². The first kappa shape index (κ1) is 40.2. The fraction of sp³-hybridized carbons (Fsp3) is 0.938. The third kappa shape index (κ3) is 18.0. The van der Waals surface area contributed by atoms with Crippen molar-refractivity contribution in [3.63, 3.8) is 0 Å². The summed E-state index contributed by atoms with van der Waals surface area (Å²) in [6, 6.07) is 0.886. The molecular weight excluding hydrogens is 719 g/mol. The van der Waals surface area contributed by atoms with Gasteiger partial charge in [0.2, 0.25) is 0 Å². The molecule has 0 saturated heterocycles. The van der Waals surface area contributed by atoms with Crippen LogP contribution in [-0.2, 0) is 19.7 Å². The molecule has 0 aliphatic heterocycles. The van der Waals surface area contributed by atoms with Crippen LogP contribution in [0.2, 0.25) is 39.3 Å². The predicted molar refractivity (Wildman–Crippen MR) is 191 cm³/mol. The van der Waals surface area contributed by atoms with Crippen LogP contribution < -0.4 is 0 Å². The van der Waals surface area contributed by atoms with E-state index in [9.17, 15) is 0 Å². The Hall–Kier alpha value is 1.15. The number of nitrogens with zero attached hydrogens (tertiary/aromatic N) is 2. The summed E-state index contributed by atoms with van der Waals surface area (Å²) in [6.07, 6.45) is 14.6. The summed E-state index contributed by atoms with van der Waals surface area (Å²) in [7, 11) is -1.66. The Labute approximate surface area is 277 Å². The summed E-state index contributed by atoms with van der Waals surface area (Å²) in [4.78, 5) is 11.3. The molecule has 0 bridgehead atoms. The normalized spacial score (nSPS) is 28.4. The molecule has 0 spiro atoms. The molecule has 4 unspecified atom stereocenters. The average molecular weight is 784 g/mol. The van der Waals surface area contributed by atoms with Gasteiger partial charge in [-0.2, -0.15) is 0 Å². The van der Waals surface area contributed by atoms with E-state index in [0.717, 1.165) is 51.7 Å². The Balaban J connectivity index is 0.00000268. The van der Waals surface area contributed by atoms with Gasteiger partial charge >= 0.3 is 39.3 Å². The van der Waals surface area contributed by atoms with Crippen molar-refractivity contribution in [3.8, 4) is 0 Å². The Kier molecular flexibility index (Phi) is 20.6. The Bertz CT molecular complexity index is 692. The van der Waals surface area contributed by atoms with Gasteiger partial charge in [0.05, 0.1) is 23.5 Å². The summed E-state index contributed by atoms with van der Waals surface area (Å²) in [5, 5.41) is 0. The molecule has 2 rings (SSSR count). The third-order valence-electron chi connectivity index (χ3n) is 8.60. The van der Waals surface area contributed by atoms with E-state index in [2.05, 4.69) is 95.4 Å². The zero-order valence-electron chi connectivity index (χ0n) is 28.1. The van der Waals surface area contributed by atoms with Crippen molar-refractivity contribution in [1.29, 1.82) is 0 Å². The van der Waals surface area contributed by atoms with Gasteiger partial charge in [0.15, 0.2) is 16.6 Å². The summed E-state index contributed by atoms with van der Waals surface area (Å²) < 4.78 is 12.4. The van der Waals surface area contributed by atoms with Gasteiger partial charge in [0.1, 0.15) is 0 Å². The van der Waals surface area contributed by atoms with E-state index in [1.54, 1.807) is 0 Å². The van der Waals surface area contributed by atoms with Gasteiger partial charge in [-0.15, -0.1) is 0 Å². The van der Waals surface area contributed by atoms with E-state index in [4.69, 9.17) is 18.8 Å². The maximum absolute atomic E-state index is 6.18. The second-order valence-electron chi connectivity index (χ2n) is 14.8. The number of hydrogen-bond acceptors (Lipinski definition) is 4. The van der Waals surface area contributed by atoms with Crippen molar-refractivity contribution < 1.29 is 19.7 Å². The molecule has 0 N–H and O–H groups in total. The monoisotopic (exact) mass is 780 g/mol. The first-order valence-electron chi connectivity index (χ1n) is 16.4. The number of rotatable bonds is 15. The quantitative estimate of drug-likeness (QED) is 0.0943. The maximum atomic E-state index is 6.18. The fourth-order valence-electron chi connectivity index (χ4n) is 6.31. The van der Waals surface area contributed by atoms with Gasteiger partial charge < -0.3 is 8.85 Å². The van der Waals surface area contributed by atoms with Gasteiger partial charge in [0, 0.05) is 13.2 Å². The van der Waals surface area contributed by atoms with E-state index >= 15 is 0 Å². The number of aliphatic imine (C=N–C) groups is 2. The SMILES string of the molecule is CC1CCCC(C)C1N=C(CCCCO[Si](C)(C)C)C(CCCCO[Si](C)(C)C)=NC1C(C)CCCC1C.[Br][Ni][Br]. The predicted octanol–water partition coefficient (Wildman–Crippen LogP) is 11.3. The molecule has 0 aromatic heterocycles. The molecule has 0 aromatic rings. The Morgan fingerprint density at radius 1 is 0.610 bits per heavy atom. The van der Waals surface area contributed by atoms with Crippen molar-refractivity contribution in [3.05, 3.63) is 0 Å². The second-order valence-corrected chi connectivity index (χ2v) is 28.8. The summed E-state index contributed by atoms with van der Waals surface area (Å²) in [5.41, 5.74) is 2.67. The van der Waals surface area contributed by atoms with E-state index in [1.165, 1.54) is 60.8 Å². The van der Waals surface area contributed by atoms with Crippen molar-refractivity contribution in [2.24, 2.45) is 33.7 Å². The molecule has 41 heavy (non-hydrogen) atoms.